The van der Waals surface area contributed by atoms with Crippen LogP contribution >= 0.6 is 11.6 Å². The lowest BCUT2D eigenvalue weighted by Crippen LogP contribution is -2.30. The summed E-state index contributed by atoms with van der Waals surface area (Å²) in [5.74, 6) is 0.360. The van der Waals surface area contributed by atoms with Gasteiger partial charge >= 0.3 is 7.12 Å². The Morgan fingerprint density at radius 2 is 2.21 bits per heavy atom. The Hall–Kier alpha value is -0.775. The molecule has 2 N–H and O–H groups in total. The topological polar surface area (TPSA) is 62.6 Å². The Balaban J connectivity index is 2.17. The van der Waals surface area contributed by atoms with Gasteiger partial charge in [0.05, 0.1) is 0 Å². The molecule has 1 aliphatic carbocycles. The van der Waals surface area contributed by atoms with Gasteiger partial charge in [-0.25, -0.2) is 4.98 Å². The van der Waals surface area contributed by atoms with Crippen molar-refractivity contribution < 1.29 is 14.8 Å². The fourth-order valence-corrected chi connectivity index (χ4v) is 1.23. The molecular formula is C8H9BClNO3. The lowest BCUT2D eigenvalue weighted by atomic mass is 9.82. The molecule has 6 heteroatoms. The van der Waals surface area contributed by atoms with Crippen molar-refractivity contribution in [3.63, 3.8) is 0 Å². The fourth-order valence-electron chi connectivity index (χ4n) is 1.01. The highest BCUT2D eigenvalue weighted by atomic mass is 35.5. The van der Waals surface area contributed by atoms with Crippen LogP contribution in [0.4, 0.5) is 0 Å². The first-order valence-corrected chi connectivity index (χ1v) is 4.73. The summed E-state index contributed by atoms with van der Waals surface area (Å²) in [4.78, 5) is 3.91. The van der Waals surface area contributed by atoms with E-state index >= 15 is 0 Å². The van der Waals surface area contributed by atoms with Crippen LogP contribution in [0.3, 0.4) is 0 Å². The molecule has 0 atom stereocenters. The van der Waals surface area contributed by atoms with Gasteiger partial charge in [0, 0.05) is 11.7 Å². The number of pyridine rings is 1. The number of nitrogens with zero attached hydrogens (tertiary/aromatic N) is 1. The van der Waals surface area contributed by atoms with Gasteiger partial charge in [-0.3, -0.25) is 0 Å². The van der Waals surface area contributed by atoms with Crippen LogP contribution in [-0.2, 0) is 0 Å². The van der Waals surface area contributed by atoms with Gasteiger partial charge < -0.3 is 14.8 Å². The second kappa shape index (κ2) is 3.77. The van der Waals surface area contributed by atoms with Crippen LogP contribution in [0.15, 0.2) is 12.3 Å². The highest BCUT2D eigenvalue weighted by Gasteiger charge is 2.25. The normalized spacial score (nSPS) is 15.4. The second-order valence-corrected chi connectivity index (χ2v) is 3.65. The summed E-state index contributed by atoms with van der Waals surface area (Å²) in [6, 6.07) is 1.44. The maximum absolute atomic E-state index is 8.85. The molecular weight excluding hydrogens is 204 g/mol. The van der Waals surface area contributed by atoms with Crippen molar-refractivity contribution >= 4 is 24.2 Å². The second-order valence-electron chi connectivity index (χ2n) is 3.25. The number of rotatable bonds is 3. The molecule has 1 aliphatic rings. The third-order valence-electron chi connectivity index (χ3n) is 1.93. The smallest absolute Gasteiger partial charge is 0.473 e. The molecule has 0 bridgehead atoms. The van der Waals surface area contributed by atoms with Gasteiger partial charge in [-0.1, -0.05) is 11.6 Å². The molecule has 0 radical (unpaired) electrons. The lowest BCUT2D eigenvalue weighted by Gasteiger charge is -2.06. The van der Waals surface area contributed by atoms with Gasteiger partial charge in [0.15, 0.2) is 0 Å². The largest absolute Gasteiger partial charge is 0.490 e. The van der Waals surface area contributed by atoms with E-state index in [1.54, 1.807) is 0 Å². The van der Waals surface area contributed by atoms with Crippen molar-refractivity contribution in [3.05, 3.63) is 17.3 Å². The van der Waals surface area contributed by atoms with Crippen LogP contribution in [0, 0.1) is 0 Å². The minimum Gasteiger partial charge on any atom is -0.473 e. The Kier molecular flexibility index (Phi) is 2.63. The monoisotopic (exact) mass is 213 g/mol. The molecule has 0 aromatic carbocycles. The molecule has 0 aliphatic heterocycles. The van der Waals surface area contributed by atoms with Gasteiger partial charge in [-0.2, -0.15) is 0 Å². The molecule has 4 nitrogen and oxygen atoms in total. The summed E-state index contributed by atoms with van der Waals surface area (Å²) in [5.41, 5.74) is 0.262. The zero-order chi connectivity index (χ0) is 10.1. The standard InChI is InChI=1S/C8H9BClNO3/c10-7-3-5(9(12)13)4-11-8(7)14-6-1-2-6/h3-4,6,12-13H,1-2H2. The molecule has 1 saturated carbocycles. The van der Waals surface area contributed by atoms with Gasteiger partial charge in [-0.05, 0) is 18.9 Å². The van der Waals surface area contributed by atoms with E-state index in [1.807, 2.05) is 0 Å². The highest BCUT2D eigenvalue weighted by molar-refractivity contribution is 6.58. The molecule has 14 heavy (non-hydrogen) atoms. The molecule has 0 spiro atoms. The van der Waals surface area contributed by atoms with Crippen molar-refractivity contribution in [3.8, 4) is 5.88 Å². The zero-order valence-corrected chi connectivity index (χ0v) is 8.11. The number of hydrogen-bond donors (Lipinski definition) is 2. The van der Waals surface area contributed by atoms with Gasteiger partial charge in [-0.15, -0.1) is 0 Å². The Morgan fingerprint density at radius 3 is 2.71 bits per heavy atom. The van der Waals surface area contributed by atoms with Crippen LogP contribution in [0.2, 0.25) is 5.02 Å². The van der Waals surface area contributed by atoms with E-state index in [0.29, 0.717) is 10.9 Å². The van der Waals surface area contributed by atoms with E-state index in [2.05, 4.69) is 4.98 Å². The summed E-state index contributed by atoms with van der Waals surface area (Å²) in [6.07, 6.45) is 3.63. The molecule has 1 heterocycles. The van der Waals surface area contributed by atoms with Crippen molar-refractivity contribution in [2.45, 2.75) is 18.9 Å². The summed E-state index contributed by atoms with van der Waals surface area (Å²) in [6.45, 7) is 0. The summed E-state index contributed by atoms with van der Waals surface area (Å²) in [7, 11) is -1.55. The zero-order valence-electron chi connectivity index (χ0n) is 7.35. The molecule has 1 aromatic rings. The summed E-state index contributed by atoms with van der Waals surface area (Å²) >= 11 is 5.84. The minimum atomic E-state index is -1.55. The van der Waals surface area contributed by atoms with E-state index < -0.39 is 7.12 Å². The van der Waals surface area contributed by atoms with E-state index in [4.69, 9.17) is 26.4 Å². The van der Waals surface area contributed by atoms with Crippen molar-refractivity contribution in [2.24, 2.45) is 0 Å². The number of halogens is 1. The Bertz CT molecular complexity index is 343. The van der Waals surface area contributed by atoms with Gasteiger partial charge in [0.1, 0.15) is 11.1 Å². The quantitative estimate of drug-likeness (QED) is 0.692. The van der Waals surface area contributed by atoms with E-state index in [1.165, 1.54) is 12.3 Å². The summed E-state index contributed by atoms with van der Waals surface area (Å²) in [5, 5.41) is 18.0. The molecule has 0 saturated heterocycles. The van der Waals surface area contributed by atoms with Crippen LogP contribution < -0.4 is 10.2 Å². The predicted molar refractivity (Wildman–Crippen MR) is 52.7 cm³/mol. The van der Waals surface area contributed by atoms with Crippen LogP contribution in [-0.4, -0.2) is 28.3 Å². The Labute approximate surface area is 86.6 Å². The van der Waals surface area contributed by atoms with E-state index in [-0.39, 0.29) is 11.6 Å². The third kappa shape index (κ3) is 2.18. The lowest BCUT2D eigenvalue weighted by molar-refractivity contribution is 0.291. The highest BCUT2D eigenvalue weighted by Crippen LogP contribution is 2.29. The fraction of sp³-hybridized carbons (Fsp3) is 0.375. The SMILES string of the molecule is OB(O)c1cnc(OC2CC2)c(Cl)c1. The number of hydrogen-bond acceptors (Lipinski definition) is 4. The first-order chi connectivity index (χ1) is 6.66. The number of ether oxygens (including phenoxy) is 1. The first-order valence-electron chi connectivity index (χ1n) is 4.35. The van der Waals surface area contributed by atoms with Gasteiger partial charge in [0.25, 0.3) is 0 Å². The Morgan fingerprint density at radius 1 is 1.50 bits per heavy atom. The van der Waals surface area contributed by atoms with Crippen LogP contribution in [0.1, 0.15) is 12.8 Å². The van der Waals surface area contributed by atoms with E-state index in [0.717, 1.165) is 12.8 Å². The number of aromatic nitrogens is 1. The van der Waals surface area contributed by atoms with Gasteiger partial charge in [0.2, 0.25) is 5.88 Å². The third-order valence-corrected chi connectivity index (χ3v) is 2.20. The molecule has 0 unspecified atom stereocenters. The maximum Gasteiger partial charge on any atom is 0.490 e. The van der Waals surface area contributed by atoms with Crippen LogP contribution in [0.25, 0.3) is 0 Å². The molecule has 1 fully saturated rings. The predicted octanol–water partition coefficient (Wildman–Crippen LogP) is -0.0440. The van der Waals surface area contributed by atoms with Crippen molar-refractivity contribution in [1.82, 2.24) is 4.98 Å². The molecule has 2 rings (SSSR count). The van der Waals surface area contributed by atoms with Crippen molar-refractivity contribution in [1.29, 1.82) is 0 Å². The first kappa shape index (κ1) is 9.77. The minimum absolute atomic E-state index is 0.227. The molecule has 1 aromatic heterocycles. The van der Waals surface area contributed by atoms with Crippen molar-refractivity contribution in [2.75, 3.05) is 0 Å². The van der Waals surface area contributed by atoms with Crippen LogP contribution in [0.5, 0.6) is 5.88 Å². The van der Waals surface area contributed by atoms with E-state index in [9.17, 15) is 0 Å². The average molecular weight is 213 g/mol. The summed E-state index contributed by atoms with van der Waals surface area (Å²) < 4.78 is 5.38. The maximum atomic E-state index is 8.85. The molecule has 74 valence electrons. The molecule has 0 amide bonds. The average Bonchev–Trinajstić information content (AvgIpc) is 2.92.